The lowest BCUT2D eigenvalue weighted by Crippen LogP contribution is -2.24. The van der Waals surface area contributed by atoms with E-state index in [0.717, 1.165) is 12.2 Å². The van der Waals surface area contributed by atoms with Gasteiger partial charge in [-0.2, -0.15) is 0 Å². The van der Waals surface area contributed by atoms with Crippen LogP contribution in [0, 0.1) is 0 Å². The van der Waals surface area contributed by atoms with E-state index in [9.17, 15) is 0 Å². The summed E-state index contributed by atoms with van der Waals surface area (Å²) < 4.78 is 1.81. The molecule has 1 heterocycles. The third kappa shape index (κ3) is 2.93. The predicted octanol–water partition coefficient (Wildman–Crippen LogP) is 1.58. The number of hydrogen-bond acceptors (Lipinski definition) is 4. The fourth-order valence-electron chi connectivity index (χ4n) is 2.12. The van der Waals surface area contributed by atoms with Crippen molar-refractivity contribution in [3.8, 4) is 0 Å². The van der Waals surface area contributed by atoms with E-state index in [0.29, 0.717) is 0 Å². The van der Waals surface area contributed by atoms with Crippen LogP contribution in [-0.4, -0.2) is 35.6 Å². The molecule has 5 heteroatoms. The SMILES string of the molecule is CCNC(c1ccc(N(C)C)cc1)c1cnnn1C. The first-order valence-corrected chi connectivity index (χ1v) is 6.48. The molecule has 2 rings (SSSR count). The van der Waals surface area contributed by atoms with Crippen LogP contribution in [0.4, 0.5) is 5.69 Å². The highest BCUT2D eigenvalue weighted by Crippen LogP contribution is 2.23. The fraction of sp³-hybridized carbons (Fsp3) is 0.429. The lowest BCUT2D eigenvalue weighted by atomic mass is 10.0. The average molecular weight is 259 g/mol. The molecule has 0 aliphatic carbocycles. The van der Waals surface area contributed by atoms with Crippen LogP contribution >= 0.6 is 0 Å². The van der Waals surface area contributed by atoms with E-state index >= 15 is 0 Å². The second-order valence-corrected chi connectivity index (χ2v) is 4.76. The Balaban J connectivity index is 2.31. The highest BCUT2D eigenvalue weighted by Gasteiger charge is 2.16. The van der Waals surface area contributed by atoms with E-state index in [-0.39, 0.29) is 6.04 Å². The van der Waals surface area contributed by atoms with Crippen molar-refractivity contribution in [2.45, 2.75) is 13.0 Å². The number of nitrogens with one attached hydrogen (secondary N) is 1. The van der Waals surface area contributed by atoms with Crippen molar-refractivity contribution in [3.05, 3.63) is 41.7 Å². The van der Waals surface area contributed by atoms with Crippen LogP contribution in [0.5, 0.6) is 0 Å². The van der Waals surface area contributed by atoms with Crippen molar-refractivity contribution < 1.29 is 0 Å². The smallest absolute Gasteiger partial charge is 0.0798 e. The Morgan fingerprint density at radius 3 is 2.42 bits per heavy atom. The van der Waals surface area contributed by atoms with Crippen LogP contribution in [-0.2, 0) is 7.05 Å². The lowest BCUT2D eigenvalue weighted by molar-refractivity contribution is 0.568. The highest BCUT2D eigenvalue weighted by atomic mass is 15.4. The first-order chi connectivity index (χ1) is 9.13. The summed E-state index contributed by atoms with van der Waals surface area (Å²) in [5.74, 6) is 0. The molecular formula is C14H21N5. The van der Waals surface area contributed by atoms with Gasteiger partial charge in [0, 0.05) is 26.8 Å². The maximum atomic E-state index is 4.01. The van der Waals surface area contributed by atoms with Gasteiger partial charge in [-0.3, -0.25) is 4.68 Å². The Kier molecular flexibility index (Phi) is 4.16. The minimum Gasteiger partial charge on any atom is -0.378 e. The molecule has 102 valence electrons. The zero-order valence-corrected chi connectivity index (χ0v) is 12.0. The lowest BCUT2D eigenvalue weighted by Gasteiger charge is -2.19. The molecule has 0 fully saturated rings. The average Bonchev–Trinajstić information content (AvgIpc) is 2.82. The number of aryl methyl sites for hydroxylation is 1. The summed E-state index contributed by atoms with van der Waals surface area (Å²) in [5, 5.41) is 11.4. The normalized spacial score (nSPS) is 12.4. The summed E-state index contributed by atoms with van der Waals surface area (Å²) in [4.78, 5) is 2.09. The Morgan fingerprint density at radius 2 is 1.95 bits per heavy atom. The topological polar surface area (TPSA) is 46.0 Å². The Morgan fingerprint density at radius 1 is 1.26 bits per heavy atom. The van der Waals surface area contributed by atoms with E-state index < -0.39 is 0 Å². The molecule has 2 aromatic rings. The molecule has 0 radical (unpaired) electrons. The molecule has 0 saturated heterocycles. The highest BCUT2D eigenvalue weighted by molar-refractivity contribution is 5.47. The van der Waals surface area contributed by atoms with Crippen LogP contribution in [0.3, 0.4) is 0 Å². The third-order valence-electron chi connectivity index (χ3n) is 3.20. The summed E-state index contributed by atoms with van der Waals surface area (Å²) in [5.41, 5.74) is 3.49. The summed E-state index contributed by atoms with van der Waals surface area (Å²) in [6.07, 6.45) is 1.81. The van der Waals surface area contributed by atoms with E-state index in [1.165, 1.54) is 11.3 Å². The molecule has 1 unspecified atom stereocenters. The zero-order chi connectivity index (χ0) is 13.8. The fourth-order valence-corrected chi connectivity index (χ4v) is 2.12. The summed E-state index contributed by atoms with van der Waals surface area (Å²) >= 11 is 0. The van der Waals surface area contributed by atoms with Gasteiger partial charge in [0.2, 0.25) is 0 Å². The van der Waals surface area contributed by atoms with E-state index in [1.54, 1.807) is 0 Å². The van der Waals surface area contributed by atoms with Gasteiger partial charge < -0.3 is 10.2 Å². The van der Waals surface area contributed by atoms with Crippen LogP contribution < -0.4 is 10.2 Å². The van der Waals surface area contributed by atoms with Gasteiger partial charge in [0.05, 0.1) is 17.9 Å². The molecule has 0 aliphatic rings. The van der Waals surface area contributed by atoms with E-state index in [4.69, 9.17) is 0 Å². The number of anilines is 1. The molecule has 1 aromatic heterocycles. The number of nitrogens with zero attached hydrogens (tertiary/aromatic N) is 4. The summed E-state index contributed by atoms with van der Waals surface area (Å²) in [7, 11) is 6.00. The van der Waals surface area contributed by atoms with Gasteiger partial charge in [0.15, 0.2) is 0 Å². The standard InChI is InChI=1S/C14H21N5/c1-5-15-14(13-10-16-17-19(13)4)11-6-8-12(9-7-11)18(2)3/h6-10,14-15H,5H2,1-4H3. The minimum absolute atomic E-state index is 0.126. The molecule has 0 bridgehead atoms. The molecule has 0 spiro atoms. The van der Waals surface area contributed by atoms with Crippen LogP contribution in [0.15, 0.2) is 30.5 Å². The van der Waals surface area contributed by atoms with Gasteiger partial charge in [-0.1, -0.05) is 24.3 Å². The van der Waals surface area contributed by atoms with Gasteiger partial charge in [-0.15, -0.1) is 5.10 Å². The molecule has 19 heavy (non-hydrogen) atoms. The number of hydrogen-bond donors (Lipinski definition) is 1. The maximum absolute atomic E-state index is 4.01. The zero-order valence-electron chi connectivity index (χ0n) is 12.0. The summed E-state index contributed by atoms with van der Waals surface area (Å²) in [6, 6.07) is 8.68. The first-order valence-electron chi connectivity index (χ1n) is 6.48. The van der Waals surface area contributed by atoms with Gasteiger partial charge in [-0.05, 0) is 24.2 Å². The van der Waals surface area contributed by atoms with Crippen molar-refractivity contribution in [2.75, 3.05) is 25.5 Å². The Labute approximate surface area is 114 Å². The molecule has 0 aliphatic heterocycles. The first kappa shape index (κ1) is 13.5. The van der Waals surface area contributed by atoms with Gasteiger partial charge in [0.1, 0.15) is 0 Å². The minimum atomic E-state index is 0.126. The molecule has 1 atom stereocenters. The second kappa shape index (κ2) is 5.84. The van der Waals surface area contributed by atoms with Crippen molar-refractivity contribution in [1.82, 2.24) is 20.3 Å². The second-order valence-electron chi connectivity index (χ2n) is 4.76. The molecule has 1 N–H and O–H groups in total. The van der Waals surface area contributed by atoms with E-state index in [1.807, 2.05) is 32.0 Å². The maximum Gasteiger partial charge on any atom is 0.0798 e. The monoisotopic (exact) mass is 259 g/mol. The Hall–Kier alpha value is -1.88. The Bertz CT molecular complexity index is 515. The molecular weight excluding hydrogens is 238 g/mol. The number of aromatic nitrogens is 3. The van der Waals surface area contributed by atoms with Crippen molar-refractivity contribution in [3.63, 3.8) is 0 Å². The van der Waals surface area contributed by atoms with Crippen molar-refractivity contribution in [1.29, 1.82) is 0 Å². The number of rotatable bonds is 5. The molecule has 1 aromatic carbocycles. The van der Waals surface area contributed by atoms with Gasteiger partial charge in [-0.25, -0.2) is 0 Å². The molecule has 0 amide bonds. The van der Waals surface area contributed by atoms with Crippen molar-refractivity contribution >= 4 is 5.69 Å². The third-order valence-corrected chi connectivity index (χ3v) is 3.20. The predicted molar refractivity (Wildman–Crippen MR) is 77.3 cm³/mol. The van der Waals surface area contributed by atoms with Crippen LogP contribution in [0.1, 0.15) is 24.2 Å². The van der Waals surface area contributed by atoms with Crippen LogP contribution in [0.25, 0.3) is 0 Å². The van der Waals surface area contributed by atoms with Crippen LogP contribution in [0.2, 0.25) is 0 Å². The van der Waals surface area contributed by atoms with E-state index in [2.05, 4.69) is 51.7 Å². The summed E-state index contributed by atoms with van der Waals surface area (Å²) in [6.45, 7) is 3.00. The quantitative estimate of drug-likeness (QED) is 0.885. The van der Waals surface area contributed by atoms with Gasteiger partial charge in [0.25, 0.3) is 0 Å². The number of benzene rings is 1. The van der Waals surface area contributed by atoms with Crippen molar-refractivity contribution in [2.24, 2.45) is 7.05 Å². The molecule has 5 nitrogen and oxygen atoms in total. The van der Waals surface area contributed by atoms with Gasteiger partial charge >= 0.3 is 0 Å². The molecule has 0 saturated carbocycles. The largest absolute Gasteiger partial charge is 0.378 e.